The summed E-state index contributed by atoms with van der Waals surface area (Å²) in [6.07, 6.45) is 4.16. The third-order valence-electron chi connectivity index (χ3n) is 2.86. The minimum Gasteiger partial charge on any atom is -0.494 e. The number of unbranched alkanes of at least 4 members (excludes halogenated alkanes) is 1. The Morgan fingerprint density at radius 2 is 2.17 bits per heavy atom. The molecular weight excluding hydrogens is 224 g/mol. The first-order valence-corrected chi connectivity index (χ1v) is 6.49. The van der Waals surface area contributed by atoms with Crippen LogP contribution < -0.4 is 10.1 Å². The van der Waals surface area contributed by atoms with Crippen molar-refractivity contribution in [3.05, 3.63) is 36.0 Å². The quantitative estimate of drug-likeness (QED) is 0.793. The van der Waals surface area contributed by atoms with Crippen LogP contribution in [-0.4, -0.2) is 18.6 Å². The van der Waals surface area contributed by atoms with Crippen LogP contribution in [0, 0.1) is 0 Å². The SMILES string of the molecule is CCCCOc1ccc2ncc(CNC)cc2c1. The van der Waals surface area contributed by atoms with Crippen LogP contribution >= 0.6 is 0 Å². The molecule has 0 aliphatic rings. The zero-order valence-electron chi connectivity index (χ0n) is 11.1. The zero-order valence-corrected chi connectivity index (χ0v) is 11.1. The fourth-order valence-electron chi connectivity index (χ4n) is 1.88. The van der Waals surface area contributed by atoms with Gasteiger partial charge in [-0.3, -0.25) is 4.98 Å². The van der Waals surface area contributed by atoms with Gasteiger partial charge in [-0.1, -0.05) is 13.3 Å². The number of hydrogen-bond donors (Lipinski definition) is 1. The number of aromatic nitrogens is 1. The van der Waals surface area contributed by atoms with Crippen molar-refractivity contribution in [1.82, 2.24) is 10.3 Å². The number of rotatable bonds is 6. The first-order valence-electron chi connectivity index (χ1n) is 6.49. The highest BCUT2D eigenvalue weighted by Crippen LogP contribution is 2.20. The summed E-state index contributed by atoms with van der Waals surface area (Å²) < 4.78 is 5.71. The molecule has 3 heteroatoms. The van der Waals surface area contributed by atoms with E-state index in [0.717, 1.165) is 42.6 Å². The van der Waals surface area contributed by atoms with Crippen molar-refractivity contribution in [3.63, 3.8) is 0 Å². The summed E-state index contributed by atoms with van der Waals surface area (Å²) in [6, 6.07) is 8.23. The fraction of sp³-hybridized carbons (Fsp3) is 0.400. The van der Waals surface area contributed by atoms with Gasteiger partial charge in [0.1, 0.15) is 5.75 Å². The standard InChI is InChI=1S/C15H20N2O/c1-3-4-7-18-14-5-6-15-13(9-14)8-12(10-16-2)11-17-15/h5-6,8-9,11,16H,3-4,7,10H2,1-2H3. The Kier molecular flexibility index (Phi) is 4.53. The molecule has 96 valence electrons. The average Bonchev–Trinajstić information content (AvgIpc) is 2.39. The molecule has 1 heterocycles. The molecule has 0 atom stereocenters. The summed E-state index contributed by atoms with van der Waals surface area (Å²) in [6.45, 7) is 3.78. The van der Waals surface area contributed by atoms with Gasteiger partial charge in [-0.15, -0.1) is 0 Å². The molecule has 0 radical (unpaired) electrons. The predicted molar refractivity (Wildman–Crippen MR) is 74.9 cm³/mol. The Balaban J connectivity index is 2.19. The minimum absolute atomic E-state index is 0.783. The second-order valence-electron chi connectivity index (χ2n) is 4.43. The fourth-order valence-corrected chi connectivity index (χ4v) is 1.88. The summed E-state index contributed by atoms with van der Waals surface area (Å²) in [5.74, 6) is 0.930. The maximum atomic E-state index is 5.71. The highest BCUT2D eigenvalue weighted by Gasteiger charge is 2.00. The van der Waals surface area contributed by atoms with Crippen LogP contribution in [0.25, 0.3) is 10.9 Å². The number of nitrogens with one attached hydrogen (secondary N) is 1. The van der Waals surface area contributed by atoms with Gasteiger partial charge >= 0.3 is 0 Å². The van der Waals surface area contributed by atoms with Gasteiger partial charge in [-0.2, -0.15) is 0 Å². The van der Waals surface area contributed by atoms with E-state index in [9.17, 15) is 0 Å². The second-order valence-corrected chi connectivity index (χ2v) is 4.43. The molecule has 0 spiro atoms. The molecule has 2 aromatic rings. The van der Waals surface area contributed by atoms with Crippen molar-refractivity contribution in [2.24, 2.45) is 0 Å². The number of fused-ring (bicyclic) bond motifs is 1. The number of ether oxygens (including phenoxy) is 1. The molecule has 0 aliphatic carbocycles. The molecule has 1 aromatic carbocycles. The lowest BCUT2D eigenvalue weighted by atomic mass is 10.1. The van der Waals surface area contributed by atoms with Gasteiger partial charge in [0.05, 0.1) is 12.1 Å². The highest BCUT2D eigenvalue weighted by atomic mass is 16.5. The highest BCUT2D eigenvalue weighted by molar-refractivity contribution is 5.80. The monoisotopic (exact) mass is 244 g/mol. The van der Waals surface area contributed by atoms with Crippen molar-refractivity contribution in [1.29, 1.82) is 0 Å². The molecule has 0 amide bonds. The van der Waals surface area contributed by atoms with Gasteiger partial charge in [-0.25, -0.2) is 0 Å². The summed E-state index contributed by atoms with van der Waals surface area (Å²) in [5.41, 5.74) is 2.20. The van der Waals surface area contributed by atoms with E-state index >= 15 is 0 Å². The Morgan fingerprint density at radius 1 is 1.28 bits per heavy atom. The summed E-state index contributed by atoms with van der Waals surface area (Å²) in [4.78, 5) is 4.44. The van der Waals surface area contributed by atoms with Crippen molar-refractivity contribution in [2.75, 3.05) is 13.7 Å². The van der Waals surface area contributed by atoms with E-state index in [4.69, 9.17) is 4.74 Å². The van der Waals surface area contributed by atoms with Crippen molar-refractivity contribution < 1.29 is 4.74 Å². The van der Waals surface area contributed by atoms with E-state index in [1.54, 1.807) is 0 Å². The molecule has 0 fully saturated rings. The molecule has 0 aliphatic heterocycles. The largest absolute Gasteiger partial charge is 0.494 e. The number of nitrogens with zero attached hydrogens (tertiary/aromatic N) is 1. The van der Waals surface area contributed by atoms with Crippen molar-refractivity contribution in [3.8, 4) is 5.75 Å². The smallest absolute Gasteiger partial charge is 0.120 e. The molecule has 0 unspecified atom stereocenters. The maximum absolute atomic E-state index is 5.71. The lowest BCUT2D eigenvalue weighted by molar-refractivity contribution is 0.310. The topological polar surface area (TPSA) is 34.1 Å². The number of benzene rings is 1. The Labute approximate surface area is 108 Å². The van der Waals surface area contributed by atoms with Crippen LogP contribution in [0.1, 0.15) is 25.3 Å². The van der Waals surface area contributed by atoms with Gasteiger partial charge in [0, 0.05) is 18.1 Å². The summed E-state index contributed by atoms with van der Waals surface area (Å²) >= 11 is 0. The van der Waals surface area contributed by atoms with Crippen LogP contribution in [-0.2, 0) is 6.54 Å². The van der Waals surface area contributed by atoms with E-state index in [1.165, 1.54) is 5.56 Å². The van der Waals surface area contributed by atoms with Crippen molar-refractivity contribution >= 4 is 10.9 Å². The van der Waals surface area contributed by atoms with Crippen molar-refractivity contribution in [2.45, 2.75) is 26.3 Å². The molecule has 0 saturated carbocycles. The third kappa shape index (κ3) is 3.20. The Morgan fingerprint density at radius 3 is 2.94 bits per heavy atom. The van der Waals surface area contributed by atoms with Crippen LogP contribution in [0.15, 0.2) is 30.5 Å². The van der Waals surface area contributed by atoms with Crippen LogP contribution in [0.4, 0.5) is 0 Å². The van der Waals surface area contributed by atoms with E-state index in [1.807, 2.05) is 25.4 Å². The van der Waals surface area contributed by atoms with Gasteiger partial charge in [-0.05, 0) is 43.3 Å². The third-order valence-corrected chi connectivity index (χ3v) is 2.86. The molecule has 0 bridgehead atoms. The Hall–Kier alpha value is -1.61. The molecular formula is C15H20N2O. The minimum atomic E-state index is 0.783. The number of pyridine rings is 1. The maximum Gasteiger partial charge on any atom is 0.120 e. The average molecular weight is 244 g/mol. The number of hydrogen-bond acceptors (Lipinski definition) is 3. The normalized spacial score (nSPS) is 10.8. The van der Waals surface area contributed by atoms with E-state index < -0.39 is 0 Å². The zero-order chi connectivity index (χ0) is 12.8. The van der Waals surface area contributed by atoms with Crippen LogP contribution in [0.2, 0.25) is 0 Å². The first kappa shape index (κ1) is 12.8. The lowest BCUT2D eigenvalue weighted by Gasteiger charge is -2.07. The molecule has 1 N–H and O–H groups in total. The van der Waals surface area contributed by atoms with Gasteiger partial charge in [0.25, 0.3) is 0 Å². The van der Waals surface area contributed by atoms with Crippen LogP contribution in [0.5, 0.6) is 5.75 Å². The lowest BCUT2D eigenvalue weighted by Crippen LogP contribution is -2.05. The van der Waals surface area contributed by atoms with Gasteiger partial charge < -0.3 is 10.1 Å². The first-order chi connectivity index (χ1) is 8.83. The second kappa shape index (κ2) is 6.36. The molecule has 18 heavy (non-hydrogen) atoms. The molecule has 3 nitrogen and oxygen atoms in total. The van der Waals surface area contributed by atoms with E-state index in [-0.39, 0.29) is 0 Å². The molecule has 2 rings (SSSR count). The molecule has 1 aromatic heterocycles. The Bertz CT molecular complexity index is 511. The van der Waals surface area contributed by atoms with E-state index in [2.05, 4.69) is 29.4 Å². The van der Waals surface area contributed by atoms with Gasteiger partial charge in [0.15, 0.2) is 0 Å². The molecule has 0 saturated heterocycles. The van der Waals surface area contributed by atoms with Crippen LogP contribution in [0.3, 0.4) is 0 Å². The van der Waals surface area contributed by atoms with Gasteiger partial charge in [0.2, 0.25) is 0 Å². The summed E-state index contributed by atoms with van der Waals surface area (Å²) in [5, 5.41) is 4.27. The predicted octanol–water partition coefficient (Wildman–Crippen LogP) is 3.13. The van der Waals surface area contributed by atoms with E-state index in [0.29, 0.717) is 0 Å². The summed E-state index contributed by atoms with van der Waals surface area (Å²) in [7, 11) is 1.94.